The van der Waals surface area contributed by atoms with E-state index in [-0.39, 0.29) is 26.4 Å². The summed E-state index contributed by atoms with van der Waals surface area (Å²) in [4.78, 5) is 0. The van der Waals surface area contributed by atoms with Crippen molar-refractivity contribution in [2.75, 3.05) is 26.4 Å². The number of aliphatic hydroxyl groups excluding tert-OH is 2. The minimum Gasteiger partial charge on any atom is -0.491 e. The Morgan fingerprint density at radius 1 is 0.451 bits per heavy atom. The Bertz CT molecular complexity index is 2330. The van der Waals surface area contributed by atoms with E-state index in [9.17, 15) is 10.2 Å². The van der Waals surface area contributed by atoms with Crippen LogP contribution in [0.3, 0.4) is 0 Å². The molecule has 6 aromatic carbocycles. The predicted molar refractivity (Wildman–Crippen MR) is 211 cm³/mol. The molecule has 0 saturated carbocycles. The van der Waals surface area contributed by atoms with Gasteiger partial charge in [-0.05, 0) is 91.7 Å². The first-order valence-electron chi connectivity index (χ1n) is 17.1. The van der Waals surface area contributed by atoms with Gasteiger partial charge >= 0.3 is 0 Å². The van der Waals surface area contributed by atoms with Crippen molar-refractivity contribution in [2.24, 2.45) is 0 Å². The number of aliphatic hydroxyl groups is 2. The van der Waals surface area contributed by atoms with Gasteiger partial charge < -0.3 is 19.7 Å². The van der Waals surface area contributed by atoms with Crippen LogP contribution in [0, 0.1) is 0 Å². The summed E-state index contributed by atoms with van der Waals surface area (Å²) in [6.45, 7) is 0.386. The Hall–Kier alpha value is -5.24. The van der Waals surface area contributed by atoms with Crippen LogP contribution >= 0.6 is 22.7 Å². The summed E-state index contributed by atoms with van der Waals surface area (Å²) in [6, 6.07) is 47.6. The molecule has 0 radical (unpaired) electrons. The Kier molecular flexibility index (Phi) is 8.17. The lowest BCUT2D eigenvalue weighted by atomic mass is 9.67. The minimum atomic E-state index is -0.681. The molecule has 8 aromatic rings. The third kappa shape index (κ3) is 5.09. The van der Waals surface area contributed by atoms with Crippen LogP contribution in [0.2, 0.25) is 0 Å². The van der Waals surface area contributed by atoms with E-state index < -0.39 is 5.41 Å². The number of thiophene rings is 2. The molecule has 0 amide bonds. The number of ether oxygens (including phenoxy) is 2. The zero-order chi connectivity index (χ0) is 34.4. The van der Waals surface area contributed by atoms with Crippen LogP contribution in [0.25, 0.3) is 53.6 Å². The molecule has 4 nitrogen and oxygen atoms in total. The minimum absolute atomic E-state index is 0.0444. The molecule has 1 aliphatic rings. The lowest BCUT2D eigenvalue weighted by Gasteiger charge is -2.34. The van der Waals surface area contributed by atoms with Crippen LogP contribution in [0.15, 0.2) is 144 Å². The van der Waals surface area contributed by atoms with E-state index in [1.807, 2.05) is 24.3 Å². The summed E-state index contributed by atoms with van der Waals surface area (Å²) < 4.78 is 14.2. The van der Waals surface area contributed by atoms with Crippen LogP contribution in [0.5, 0.6) is 11.5 Å². The van der Waals surface area contributed by atoms with E-state index >= 15 is 0 Å². The van der Waals surface area contributed by atoms with Gasteiger partial charge in [-0.3, -0.25) is 0 Å². The topological polar surface area (TPSA) is 58.9 Å². The van der Waals surface area contributed by atoms with Gasteiger partial charge in [0.1, 0.15) is 24.7 Å². The molecule has 250 valence electrons. The number of benzene rings is 6. The monoisotopic (exact) mass is 702 g/mol. The van der Waals surface area contributed by atoms with Crippen molar-refractivity contribution in [1.29, 1.82) is 0 Å². The normalized spacial score (nSPS) is 13.0. The average molecular weight is 703 g/mol. The molecule has 0 unspecified atom stereocenters. The first kappa shape index (κ1) is 31.7. The van der Waals surface area contributed by atoms with Gasteiger partial charge in [0.25, 0.3) is 0 Å². The van der Waals surface area contributed by atoms with Crippen LogP contribution in [-0.4, -0.2) is 36.6 Å². The van der Waals surface area contributed by atoms with Gasteiger partial charge in [-0.2, -0.15) is 0 Å². The maximum absolute atomic E-state index is 9.43. The number of hydrogen-bond acceptors (Lipinski definition) is 6. The van der Waals surface area contributed by atoms with Gasteiger partial charge in [0.05, 0.1) is 18.6 Å². The second kappa shape index (κ2) is 13.1. The molecule has 51 heavy (non-hydrogen) atoms. The lowest BCUT2D eigenvalue weighted by molar-refractivity contribution is 0.201. The Morgan fingerprint density at radius 3 is 1.31 bits per heavy atom. The van der Waals surface area contributed by atoms with Gasteiger partial charge in [0.15, 0.2) is 0 Å². The molecular weight excluding hydrogens is 669 g/mol. The molecule has 0 atom stereocenters. The smallest absolute Gasteiger partial charge is 0.119 e. The third-order valence-corrected chi connectivity index (χ3v) is 12.0. The highest BCUT2D eigenvalue weighted by molar-refractivity contribution is 7.18. The molecule has 0 aliphatic heterocycles. The molecule has 9 rings (SSSR count). The van der Waals surface area contributed by atoms with E-state index in [0.29, 0.717) is 11.5 Å². The second-order valence-electron chi connectivity index (χ2n) is 12.7. The number of rotatable bonds is 10. The fourth-order valence-corrected chi connectivity index (χ4v) is 9.87. The largest absolute Gasteiger partial charge is 0.491 e. The molecule has 2 aromatic heterocycles. The highest BCUT2D eigenvalue weighted by Gasteiger charge is 2.48. The second-order valence-corrected chi connectivity index (χ2v) is 14.5. The van der Waals surface area contributed by atoms with Gasteiger partial charge in [-0.1, -0.05) is 97.1 Å². The highest BCUT2D eigenvalue weighted by atomic mass is 32.1. The first-order chi connectivity index (χ1) is 25.2. The van der Waals surface area contributed by atoms with Crippen LogP contribution < -0.4 is 9.47 Å². The molecule has 2 N–H and O–H groups in total. The van der Waals surface area contributed by atoms with Crippen molar-refractivity contribution >= 4 is 42.8 Å². The summed E-state index contributed by atoms with van der Waals surface area (Å²) in [7, 11) is 0. The van der Waals surface area contributed by atoms with Crippen molar-refractivity contribution in [3.05, 3.63) is 166 Å². The lowest BCUT2D eigenvalue weighted by Crippen LogP contribution is -2.28. The van der Waals surface area contributed by atoms with Crippen molar-refractivity contribution in [1.82, 2.24) is 0 Å². The van der Waals surface area contributed by atoms with Gasteiger partial charge in [0, 0.05) is 31.3 Å². The summed E-state index contributed by atoms with van der Waals surface area (Å²) in [5.41, 5.74) is 11.3. The van der Waals surface area contributed by atoms with Crippen molar-refractivity contribution < 1.29 is 19.7 Å². The quantitative estimate of drug-likeness (QED) is 0.149. The molecule has 0 saturated heterocycles. The SMILES string of the molecule is OCCOc1ccc(C2(c3ccc(OCCO)cc3)c3cccc(-c4csc5ccccc45)c3-c3c(-c4csc5ccccc45)cccc32)cc1. The Morgan fingerprint density at radius 2 is 0.882 bits per heavy atom. The van der Waals surface area contributed by atoms with Gasteiger partial charge in [-0.25, -0.2) is 0 Å². The summed E-state index contributed by atoms with van der Waals surface area (Å²) in [5.74, 6) is 1.43. The summed E-state index contributed by atoms with van der Waals surface area (Å²) >= 11 is 3.57. The summed E-state index contributed by atoms with van der Waals surface area (Å²) in [5, 5.41) is 26.0. The number of fused-ring (bicyclic) bond motifs is 5. The predicted octanol–water partition coefficient (Wildman–Crippen LogP) is 10.6. The zero-order valence-corrected chi connectivity index (χ0v) is 29.3. The molecule has 0 bridgehead atoms. The van der Waals surface area contributed by atoms with Crippen molar-refractivity contribution in [2.45, 2.75) is 5.41 Å². The third-order valence-electron chi connectivity index (χ3n) is 10.0. The maximum atomic E-state index is 9.43. The highest BCUT2D eigenvalue weighted by Crippen LogP contribution is 2.61. The molecular formula is C45H34O4S2. The fraction of sp³-hybridized carbons (Fsp3) is 0.111. The van der Waals surface area contributed by atoms with Crippen molar-refractivity contribution in [3.63, 3.8) is 0 Å². The molecule has 1 aliphatic carbocycles. The summed E-state index contributed by atoms with van der Waals surface area (Å²) in [6.07, 6.45) is 0. The van der Waals surface area contributed by atoms with Crippen LogP contribution in [0.1, 0.15) is 22.3 Å². The number of hydrogen-bond donors (Lipinski definition) is 2. The first-order valence-corrected chi connectivity index (χ1v) is 18.9. The molecule has 0 spiro atoms. The average Bonchev–Trinajstić information content (AvgIpc) is 3.90. The van der Waals surface area contributed by atoms with Gasteiger partial charge in [0.2, 0.25) is 0 Å². The van der Waals surface area contributed by atoms with Crippen LogP contribution in [0.4, 0.5) is 0 Å². The Labute approximate surface area is 304 Å². The molecule has 0 fully saturated rings. The maximum Gasteiger partial charge on any atom is 0.119 e. The fourth-order valence-electron chi connectivity index (χ4n) is 7.95. The Balaban J connectivity index is 1.39. The standard InChI is InChI=1S/C45H34O4S2/c46-23-25-48-31-19-15-29(16-20-31)45(30-17-21-32(22-18-30)49-26-24-47)39-11-5-9-35(37-27-50-41-13-3-1-7-33(37)41)43(39)44-36(10-6-12-40(44)45)38-28-51-42-14-4-2-8-34(38)42/h1-22,27-28,46-47H,23-26H2. The van der Waals surface area contributed by atoms with Crippen LogP contribution in [-0.2, 0) is 5.41 Å². The van der Waals surface area contributed by atoms with E-state index in [1.54, 1.807) is 22.7 Å². The van der Waals surface area contributed by atoms with Crippen molar-refractivity contribution in [3.8, 4) is 44.9 Å². The van der Waals surface area contributed by atoms with E-state index in [4.69, 9.17) is 9.47 Å². The molecule has 6 heteroatoms. The van der Waals surface area contributed by atoms with E-state index in [2.05, 4.69) is 120 Å². The zero-order valence-electron chi connectivity index (χ0n) is 27.7. The van der Waals surface area contributed by atoms with E-state index in [1.165, 1.54) is 64.7 Å². The van der Waals surface area contributed by atoms with Gasteiger partial charge in [-0.15, -0.1) is 22.7 Å². The van der Waals surface area contributed by atoms with E-state index in [0.717, 1.165) is 11.1 Å². The molecule has 2 heterocycles.